The fourth-order valence-corrected chi connectivity index (χ4v) is 4.40. The molecule has 1 aliphatic carbocycles. The predicted molar refractivity (Wildman–Crippen MR) is 119 cm³/mol. The third-order valence-electron chi connectivity index (χ3n) is 5.77. The minimum absolute atomic E-state index is 0.00190. The minimum Gasteiger partial charge on any atom is -0.350 e. The van der Waals surface area contributed by atoms with Crippen LogP contribution in [0.1, 0.15) is 36.0 Å². The maximum Gasteiger partial charge on any atom is 0.240 e. The molecule has 2 aromatic rings. The lowest BCUT2D eigenvalue weighted by Gasteiger charge is -2.25. The molecule has 1 heterocycles. The molecule has 2 aromatic carbocycles. The van der Waals surface area contributed by atoms with E-state index in [1.54, 1.807) is 4.90 Å². The van der Waals surface area contributed by atoms with Crippen LogP contribution in [0.25, 0.3) is 0 Å². The Bertz CT molecular complexity index is 1020. The maximum atomic E-state index is 13.3. The lowest BCUT2D eigenvalue weighted by Crippen LogP contribution is -2.43. The number of hydrogen-bond acceptors (Lipinski definition) is 3. The van der Waals surface area contributed by atoms with Crippen molar-refractivity contribution in [2.45, 2.75) is 39.7 Å². The summed E-state index contributed by atoms with van der Waals surface area (Å²) in [5, 5.41) is 2.94. The van der Waals surface area contributed by atoms with Gasteiger partial charge in [0.1, 0.15) is 6.54 Å². The van der Waals surface area contributed by atoms with Crippen molar-refractivity contribution in [2.75, 3.05) is 11.4 Å². The highest BCUT2D eigenvalue weighted by Crippen LogP contribution is 2.39. The molecule has 2 aliphatic rings. The lowest BCUT2D eigenvalue weighted by atomic mass is 10.0. The second kappa shape index (κ2) is 8.11. The number of nitrogens with one attached hydrogen (secondary N) is 1. The van der Waals surface area contributed by atoms with E-state index < -0.39 is 0 Å². The standard InChI is InChI=1S/C23H24BrN3O2/c1-14-10-20-21(11-15(14)2)27(23(29)17-7-5-9-19(17)26-20)13-22(28)25-12-16-6-3-4-8-18(16)24/h3-4,6,8,10-11,17H,5,7,9,12-13H2,1-2H3,(H,25,28). The Kier molecular flexibility index (Phi) is 5.54. The zero-order chi connectivity index (χ0) is 20.5. The van der Waals surface area contributed by atoms with Crippen LogP contribution >= 0.6 is 15.9 Å². The summed E-state index contributed by atoms with van der Waals surface area (Å²) in [7, 11) is 0. The van der Waals surface area contributed by atoms with Crippen molar-refractivity contribution in [1.82, 2.24) is 5.32 Å². The van der Waals surface area contributed by atoms with Crippen LogP contribution in [-0.2, 0) is 16.1 Å². The van der Waals surface area contributed by atoms with Gasteiger partial charge in [-0.1, -0.05) is 34.1 Å². The van der Waals surface area contributed by atoms with Crippen LogP contribution in [0.4, 0.5) is 11.4 Å². The van der Waals surface area contributed by atoms with Crippen molar-refractivity contribution in [2.24, 2.45) is 10.9 Å². The Morgan fingerprint density at radius 3 is 2.79 bits per heavy atom. The van der Waals surface area contributed by atoms with Gasteiger partial charge in [-0.05, 0) is 68.0 Å². The quantitative estimate of drug-likeness (QED) is 0.734. The zero-order valence-corrected chi connectivity index (χ0v) is 18.3. The SMILES string of the molecule is Cc1cc2c(cc1C)N(CC(=O)NCc1ccccc1Br)C(=O)C1CCCC1=N2. The predicted octanol–water partition coefficient (Wildman–Crippen LogP) is 4.60. The minimum atomic E-state index is -0.209. The van der Waals surface area contributed by atoms with E-state index in [4.69, 9.17) is 4.99 Å². The first kappa shape index (κ1) is 19.8. The van der Waals surface area contributed by atoms with Crippen LogP contribution in [0.5, 0.6) is 0 Å². The summed E-state index contributed by atoms with van der Waals surface area (Å²) in [6.07, 6.45) is 2.63. The van der Waals surface area contributed by atoms with Crippen molar-refractivity contribution >= 4 is 44.8 Å². The van der Waals surface area contributed by atoms with E-state index in [1.165, 1.54) is 0 Å². The Morgan fingerprint density at radius 2 is 2.00 bits per heavy atom. The first-order valence-electron chi connectivity index (χ1n) is 9.94. The average molecular weight is 454 g/mol. The molecule has 2 amide bonds. The van der Waals surface area contributed by atoms with E-state index in [-0.39, 0.29) is 24.3 Å². The van der Waals surface area contributed by atoms with Gasteiger partial charge in [-0.3, -0.25) is 14.6 Å². The zero-order valence-electron chi connectivity index (χ0n) is 16.7. The number of carbonyl (C=O) groups excluding carboxylic acids is 2. The second-order valence-electron chi connectivity index (χ2n) is 7.77. The molecule has 0 spiro atoms. The molecule has 1 atom stereocenters. The van der Waals surface area contributed by atoms with Gasteiger partial charge in [-0.25, -0.2) is 0 Å². The normalized spacial score (nSPS) is 18.0. The van der Waals surface area contributed by atoms with Crippen LogP contribution in [0.2, 0.25) is 0 Å². The van der Waals surface area contributed by atoms with Gasteiger partial charge in [0.05, 0.1) is 17.3 Å². The number of amides is 2. The van der Waals surface area contributed by atoms with E-state index in [9.17, 15) is 9.59 Å². The highest BCUT2D eigenvalue weighted by Gasteiger charge is 2.37. The molecule has 1 saturated carbocycles. The summed E-state index contributed by atoms with van der Waals surface area (Å²) in [6, 6.07) is 11.8. The number of hydrogen-bond donors (Lipinski definition) is 1. The topological polar surface area (TPSA) is 61.8 Å². The van der Waals surface area contributed by atoms with Crippen LogP contribution in [0.3, 0.4) is 0 Å². The summed E-state index contributed by atoms with van der Waals surface area (Å²) >= 11 is 3.50. The molecule has 150 valence electrons. The smallest absolute Gasteiger partial charge is 0.240 e. The Morgan fingerprint density at radius 1 is 1.24 bits per heavy atom. The molecular weight excluding hydrogens is 430 g/mol. The summed E-state index contributed by atoms with van der Waals surface area (Å²) in [5.41, 5.74) is 5.69. The molecule has 29 heavy (non-hydrogen) atoms. The molecule has 0 aromatic heterocycles. The van der Waals surface area contributed by atoms with E-state index >= 15 is 0 Å². The van der Waals surface area contributed by atoms with Crippen molar-refractivity contribution < 1.29 is 9.59 Å². The summed E-state index contributed by atoms with van der Waals surface area (Å²) < 4.78 is 0.951. The molecule has 0 bridgehead atoms. The maximum absolute atomic E-state index is 13.3. The Hall–Kier alpha value is -2.47. The molecule has 6 heteroatoms. The molecule has 0 radical (unpaired) electrons. The molecule has 0 saturated heterocycles. The van der Waals surface area contributed by atoms with Gasteiger partial charge in [0.15, 0.2) is 0 Å². The van der Waals surface area contributed by atoms with E-state index in [2.05, 4.69) is 21.2 Å². The fraction of sp³-hybridized carbons (Fsp3) is 0.348. The van der Waals surface area contributed by atoms with E-state index in [0.29, 0.717) is 6.54 Å². The lowest BCUT2D eigenvalue weighted by molar-refractivity contribution is -0.124. The first-order valence-corrected chi connectivity index (χ1v) is 10.7. The molecule has 1 fully saturated rings. The summed E-state index contributed by atoms with van der Waals surface area (Å²) in [4.78, 5) is 32.5. The van der Waals surface area contributed by atoms with Gasteiger partial charge in [0, 0.05) is 16.7 Å². The number of fused-ring (bicyclic) bond motifs is 2. The molecule has 1 aliphatic heterocycles. The monoisotopic (exact) mass is 453 g/mol. The Balaban J connectivity index is 1.59. The van der Waals surface area contributed by atoms with Gasteiger partial charge in [-0.2, -0.15) is 0 Å². The Labute approximate surface area is 179 Å². The number of anilines is 1. The van der Waals surface area contributed by atoms with Gasteiger partial charge < -0.3 is 10.2 Å². The van der Waals surface area contributed by atoms with E-state index in [1.807, 2.05) is 50.2 Å². The number of rotatable bonds is 4. The van der Waals surface area contributed by atoms with Crippen LogP contribution in [-0.4, -0.2) is 24.1 Å². The molecule has 1 unspecified atom stereocenters. The number of benzene rings is 2. The number of nitrogens with zero attached hydrogens (tertiary/aromatic N) is 2. The van der Waals surface area contributed by atoms with Crippen molar-refractivity contribution in [3.8, 4) is 0 Å². The van der Waals surface area contributed by atoms with Crippen LogP contribution < -0.4 is 10.2 Å². The molecule has 4 rings (SSSR count). The van der Waals surface area contributed by atoms with Crippen LogP contribution in [0.15, 0.2) is 45.9 Å². The van der Waals surface area contributed by atoms with E-state index in [0.717, 1.165) is 57.5 Å². The summed E-state index contributed by atoms with van der Waals surface area (Å²) in [5.74, 6) is -0.405. The number of carbonyl (C=O) groups is 2. The second-order valence-corrected chi connectivity index (χ2v) is 8.62. The van der Waals surface area contributed by atoms with Crippen LogP contribution in [0, 0.1) is 19.8 Å². The third kappa shape index (κ3) is 3.99. The largest absolute Gasteiger partial charge is 0.350 e. The summed E-state index contributed by atoms with van der Waals surface area (Å²) in [6.45, 7) is 4.47. The number of aryl methyl sites for hydroxylation is 2. The number of aliphatic imine (C=N–C) groups is 1. The molecule has 5 nitrogen and oxygen atoms in total. The van der Waals surface area contributed by atoms with Gasteiger partial charge in [0.25, 0.3) is 0 Å². The van der Waals surface area contributed by atoms with Crippen molar-refractivity contribution in [3.05, 3.63) is 57.6 Å². The fourth-order valence-electron chi connectivity index (χ4n) is 3.98. The number of halogens is 1. The highest BCUT2D eigenvalue weighted by atomic mass is 79.9. The third-order valence-corrected chi connectivity index (χ3v) is 6.55. The average Bonchev–Trinajstić information content (AvgIpc) is 3.12. The van der Waals surface area contributed by atoms with Gasteiger partial charge >= 0.3 is 0 Å². The van der Waals surface area contributed by atoms with Crippen molar-refractivity contribution in [3.63, 3.8) is 0 Å². The highest BCUT2D eigenvalue weighted by molar-refractivity contribution is 9.10. The molecule has 1 N–H and O–H groups in total. The van der Waals surface area contributed by atoms with Gasteiger partial charge in [0.2, 0.25) is 11.8 Å². The van der Waals surface area contributed by atoms with Gasteiger partial charge in [-0.15, -0.1) is 0 Å². The molecular formula is C23H24BrN3O2. The van der Waals surface area contributed by atoms with Crippen molar-refractivity contribution in [1.29, 1.82) is 0 Å². The first-order chi connectivity index (χ1) is 13.9.